The van der Waals surface area contributed by atoms with Gasteiger partial charge in [-0.25, -0.2) is 13.6 Å². The number of rotatable bonds is 4. The Morgan fingerprint density at radius 3 is 2.27 bits per heavy atom. The van der Waals surface area contributed by atoms with Crippen molar-refractivity contribution in [3.8, 4) is 0 Å². The third-order valence-electron chi connectivity index (χ3n) is 1.58. The van der Waals surface area contributed by atoms with Crippen LogP contribution in [0.5, 0.6) is 0 Å². The second-order valence-corrected chi connectivity index (χ2v) is 5.09. The summed E-state index contributed by atoms with van der Waals surface area (Å²) in [5.41, 5.74) is -1.39. The lowest BCUT2D eigenvalue weighted by molar-refractivity contribution is 0.252. The monoisotopic (exact) mass is 251 g/mol. The molecule has 0 aliphatic carbocycles. The SMILES string of the molecule is NS(=O)(=O)C(O[PH](=O)O)c1ccccc1. The van der Waals surface area contributed by atoms with Crippen LogP contribution in [-0.4, -0.2) is 13.3 Å². The van der Waals surface area contributed by atoms with E-state index in [0.29, 0.717) is 0 Å². The molecule has 2 atom stereocenters. The minimum absolute atomic E-state index is 0.215. The third-order valence-corrected chi connectivity index (χ3v) is 3.15. The molecule has 0 saturated carbocycles. The smallest absolute Gasteiger partial charge is 0.318 e. The van der Waals surface area contributed by atoms with Crippen molar-refractivity contribution in [1.29, 1.82) is 0 Å². The molecule has 6 nitrogen and oxygen atoms in total. The number of benzene rings is 1. The van der Waals surface area contributed by atoms with Gasteiger partial charge >= 0.3 is 8.25 Å². The molecule has 0 aromatic heterocycles. The van der Waals surface area contributed by atoms with Crippen LogP contribution in [0.25, 0.3) is 0 Å². The highest BCUT2D eigenvalue weighted by Crippen LogP contribution is 2.31. The average Bonchev–Trinajstić information content (AvgIpc) is 2.14. The number of sulfonamides is 1. The fraction of sp³-hybridized carbons (Fsp3) is 0.143. The second-order valence-electron chi connectivity index (χ2n) is 2.72. The highest BCUT2D eigenvalue weighted by molar-refractivity contribution is 7.89. The molecule has 1 rings (SSSR count). The third kappa shape index (κ3) is 3.73. The maximum absolute atomic E-state index is 11.1. The molecule has 0 radical (unpaired) electrons. The molecule has 0 spiro atoms. The van der Waals surface area contributed by atoms with Crippen molar-refractivity contribution in [2.24, 2.45) is 5.14 Å². The van der Waals surface area contributed by atoms with Gasteiger partial charge < -0.3 is 4.89 Å². The van der Waals surface area contributed by atoms with Crippen LogP contribution < -0.4 is 5.14 Å². The molecular formula is C7H10NO5PS. The lowest BCUT2D eigenvalue weighted by Gasteiger charge is -2.13. The van der Waals surface area contributed by atoms with Crippen molar-refractivity contribution >= 4 is 18.3 Å². The lowest BCUT2D eigenvalue weighted by atomic mass is 10.2. The van der Waals surface area contributed by atoms with Crippen molar-refractivity contribution in [2.45, 2.75) is 5.44 Å². The minimum atomic E-state index is -4.07. The lowest BCUT2D eigenvalue weighted by Crippen LogP contribution is -2.22. The van der Waals surface area contributed by atoms with Crippen LogP contribution >= 0.6 is 8.25 Å². The van der Waals surface area contributed by atoms with E-state index in [2.05, 4.69) is 4.52 Å². The van der Waals surface area contributed by atoms with E-state index in [0.717, 1.165) is 0 Å². The van der Waals surface area contributed by atoms with Gasteiger partial charge in [-0.2, -0.15) is 0 Å². The summed E-state index contributed by atoms with van der Waals surface area (Å²) in [6, 6.07) is 7.71. The van der Waals surface area contributed by atoms with Gasteiger partial charge in [-0.3, -0.25) is 9.09 Å². The van der Waals surface area contributed by atoms with E-state index >= 15 is 0 Å². The van der Waals surface area contributed by atoms with E-state index in [1.165, 1.54) is 12.1 Å². The van der Waals surface area contributed by atoms with E-state index in [1.807, 2.05) is 0 Å². The standard InChI is InChI=1S/C7H10NO5PS/c8-15(11,12)7(13-14(9)10)6-4-2-1-3-5-6/h1-5,7,14H,(H,9,10)(H2,8,11,12). The Hall–Kier alpha value is -0.720. The number of primary sulfonamides is 1. The molecule has 3 N–H and O–H groups in total. The first kappa shape index (κ1) is 12.4. The van der Waals surface area contributed by atoms with Gasteiger partial charge in [-0.1, -0.05) is 30.3 Å². The van der Waals surface area contributed by atoms with E-state index < -0.39 is 23.7 Å². The van der Waals surface area contributed by atoms with Crippen molar-refractivity contribution in [3.63, 3.8) is 0 Å². The van der Waals surface area contributed by atoms with Crippen molar-refractivity contribution < 1.29 is 22.4 Å². The summed E-state index contributed by atoms with van der Waals surface area (Å²) in [5.74, 6) is 0. The molecule has 0 fully saturated rings. The summed E-state index contributed by atoms with van der Waals surface area (Å²) in [4.78, 5) is 8.55. The van der Waals surface area contributed by atoms with Gasteiger partial charge in [0.2, 0.25) is 15.5 Å². The summed E-state index contributed by atoms with van der Waals surface area (Å²) in [7, 11) is -7.44. The molecule has 2 unspecified atom stereocenters. The van der Waals surface area contributed by atoms with Crippen LogP contribution in [0.15, 0.2) is 30.3 Å². The molecule has 0 bridgehead atoms. The summed E-state index contributed by atoms with van der Waals surface area (Å²) < 4.78 is 37.0. The molecule has 8 heteroatoms. The quantitative estimate of drug-likeness (QED) is 0.752. The van der Waals surface area contributed by atoms with Crippen LogP contribution in [0.4, 0.5) is 0 Å². The van der Waals surface area contributed by atoms with Gasteiger partial charge in [0, 0.05) is 0 Å². The second kappa shape index (κ2) is 4.87. The van der Waals surface area contributed by atoms with E-state index in [-0.39, 0.29) is 5.56 Å². The zero-order valence-electron chi connectivity index (χ0n) is 7.53. The Bertz CT molecular complexity index is 446. The van der Waals surface area contributed by atoms with E-state index in [1.54, 1.807) is 18.2 Å². The molecule has 84 valence electrons. The normalized spacial score (nSPS) is 15.9. The fourth-order valence-corrected chi connectivity index (χ4v) is 2.67. The molecule has 0 amide bonds. The van der Waals surface area contributed by atoms with Crippen molar-refractivity contribution in [2.75, 3.05) is 0 Å². The van der Waals surface area contributed by atoms with Crippen LogP contribution in [-0.2, 0) is 19.1 Å². The largest absolute Gasteiger partial charge is 0.326 e. The van der Waals surface area contributed by atoms with Gasteiger partial charge in [0.05, 0.1) is 0 Å². The Labute approximate surface area is 87.7 Å². The Morgan fingerprint density at radius 1 is 1.33 bits per heavy atom. The summed E-state index contributed by atoms with van der Waals surface area (Å²) in [6.45, 7) is 0. The first-order valence-electron chi connectivity index (χ1n) is 3.87. The predicted octanol–water partition coefficient (Wildman–Crippen LogP) is 0.372. The van der Waals surface area contributed by atoms with Gasteiger partial charge in [0.15, 0.2) is 0 Å². The fourth-order valence-electron chi connectivity index (χ4n) is 1.03. The number of nitrogens with two attached hydrogens (primary N) is 1. The van der Waals surface area contributed by atoms with Crippen LogP contribution in [0.1, 0.15) is 11.0 Å². The zero-order chi connectivity index (χ0) is 11.5. The average molecular weight is 251 g/mol. The van der Waals surface area contributed by atoms with E-state index in [9.17, 15) is 13.0 Å². The molecule has 0 aliphatic heterocycles. The molecule has 1 aromatic carbocycles. The van der Waals surface area contributed by atoms with Crippen molar-refractivity contribution in [3.05, 3.63) is 35.9 Å². The summed E-state index contributed by atoms with van der Waals surface area (Å²) in [6.07, 6.45) is 0. The Balaban J connectivity index is 3.08. The molecular weight excluding hydrogens is 241 g/mol. The van der Waals surface area contributed by atoms with Crippen LogP contribution in [0.2, 0.25) is 0 Å². The zero-order valence-corrected chi connectivity index (χ0v) is 9.35. The Kier molecular flexibility index (Phi) is 4.01. The Morgan fingerprint density at radius 2 is 1.87 bits per heavy atom. The molecule has 0 saturated heterocycles. The molecule has 1 aromatic rings. The highest BCUT2D eigenvalue weighted by Gasteiger charge is 2.25. The number of hydrogen-bond donors (Lipinski definition) is 2. The van der Waals surface area contributed by atoms with Gasteiger partial charge in [0.25, 0.3) is 0 Å². The van der Waals surface area contributed by atoms with Crippen molar-refractivity contribution in [1.82, 2.24) is 0 Å². The summed E-state index contributed by atoms with van der Waals surface area (Å²) >= 11 is 0. The molecule has 0 heterocycles. The minimum Gasteiger partial charge on any atom is -0.326 e. The van der Waals surface area contributed by atoms with E-state index in [4.69, 9.17) is 10.0 Å². The predicted molar refractivity (Wildman–Crippen MR) is 54.6 cm³/mol. The first-order valence-corrected chi connectivity index (χ1v) is 6.74. The van der Waals surface area contributed by atoms with Crippen LogP contribution in [0.3, 0.4) is 0 Å². The number of hydrogen-bond acceptors (Lipinski definition) is 4. The molecule has 0 aliphatic rings. The van der Waals surface area contributed by atoms with Gasteiger partial charge in [0.1, 0.15) is 0 Å². The van der Waals surface area contributed by atoms with Gasteiger partial charge in [-0.15, -0.1) is 0 Å². The summed E-state index contributed by atoms with van der Waals surface area (Å²) in [5, 5.41) is 4.87. The first-order chi connectivity index (χ1) is 6.91. The molecule has 15 heavy (non-hydrogen) atoms. The highest BCUT2D eigenvalue weighted by atomic mass is 32.2. The van der Waals surface area contributed by atoms with Crippen LogP contribution in [0, 0.1) is 0 Å². The topological polar surface area (TPSA) is 107 Å². The maximum atomic E-state index is 11.1. The van der Waals surface area contributed by atoms with Gasteiger partial charge in [-0.05, 0) is 5.56 Å². The maximum Gasteiger partial charge on any atom is 0.318 e.